The predicted molar refractivity (Wildman–Crippen MR) is 76.9 cm³/mol. The van der Waals surface area contributed by atoms with Crippen LogP contribution in [-0.2, 0) is 0 Å². The lowest BCUT2D eigenvalue weighted by atomic mass is 10.1. The molecule has 0 aliphatic carbocycles. The number of aromatic hydroxyl groups is 1. The summed E-state index contributed by atoms with van der Waals surface area (Å²) in [5.74, 6) is 0.186. The summed E-state index contributed by atoms with van der Waals surface area (Å²) >= 11 is 6.07. The molecule has 0 saturated carbocycles. The van der Waals surface area contributed by atoms with Crippen molar-refractivity contribution in [2.24, 2.45) is 0 Å². The summed E-state index contributed by atoms with van der Waals surface area (Å²) in [6.45, 7) is 0.890. The Labute approximate surface area is 120 Å². The van der Waals surface area contributed by atoms with Gasteiger partial charge in [0, 0.05) is 10.6 Å². The number of nitrogens with one attached hydrogen (secondary N) is 2. The Hall–Kier alpha value is -1.85. The van der Waals surface area contributed by atoms with Crippen LogP contribution in [0.25, 0.3) is 11.1 Å². The summed E-state index contributed by atoms with van der Waals surface area (Å²) < 4.78 is 0. The summed E-state index contributed by atoms with van der Waals surface area (Å²) in [6.07, 6.45) is 1.93. The van der Waals surface area contributed by atoms with Crippen molar-refractivity contribution in [3.63, 3.8) is 0 Å². The van der Waals surface area contributed by atoms with Crippen molar-refractivity contribution < 1.29 is 5.11 Å². The Morgan fingerprint density at radius 3 is 2.80 bits per heavy atom. The van der Waals surface area contributed by atoms with Crippen LogP contribution in [0.3, 0.4) is 0 Å². The molecule has 1 saturated heterocycles. The van der Waals surface area contributed by atoms with Crippen LogP contribution in [0, 0.1) is 0 Å². The number of nitrogens with zero attached hydrogens (tertiary/aromatic N) is 1. The number of halogens is 1. The maximum absolute atomic E-state index is 12.2. The van der Waals surface area contributed by atoms with Gasteiger partial charge in [0.05, 0.1) is 6.04 Å². The lowest BCUT2D eigenvalue weighted by Gasteiger charge is -2.11. The molecule has 0 radical (unpaired) electrons. The number of benzene rings is 1. The van der Waals surface area contributed by atoms with Crippen LogP contribution < -0.4 is 10.9 Å². The van der Waals surface area contributed by atoms with Crippen LogP contribution in [0.15, 0.2) is 29.1 Å². The molecule has 1 aliphatic heterocycles. The average molecular weight is 292 g/mol. The predicted octanol–water partition coefficient (Wildman–Crippen LogP) is 2.22. The molecule has 1 aromatic heterocycles. The standard InChI is InChI=1S/C14H14ClN3O2/c15-9-5-2-1-4-8(9)11-13(19)17-12(18-14(11)20)10-6-3-7-16-10/h1-2,4-5,10,16H,3,6-7H2,(H2,17,18,19,20). The minimum Gasteiger partial charge on any atom is -0.493 e. The number of aromatic nitrogens is 2. The molecule has 3 rings (SSSR count). The summed E-state index contributed by atoms with van der Waals surface area (Å²) in [4.78, 5) is 19.1. The van der Waals surface area contributed by atoms with E-state index in [2.05, 4.69) is 15.3 Å². The first-order valence-corrected chi connectivity index (χ1v) is 6.86. The number of hydrogen-bond acceptors (Lipinski definition) is 4. The molecule has 0 bridgehead atoms. The van der Waals surface area contributed by atoms with Crippen LogP contribution in [0.4, 0.5) is 0 Å². The molecule has 1 fully saturated rings. The quantitative estimate of drug-likeness (QED) is 0.793. The second kappa shape index (κ2) is 5.26. The molecular weight excluding hydrogens is 278 g/mol. The SMILES string of the molecule is O=c1[nH]c(C2CCCN2)nc(O)c1-c1ccccc1Cl. The van der Waals surface area contributed by atoms with Gasteiger partial charge in [-0.15, -0.1) is 0 Å². The topological polar surface area (TPSA) is 78.0 Å². The lowest BCUT2D eigenvalue weighted by molar-refractivity contribution is 0.444. The van der Waals surface area contributed by atoms with Gasteiger partial charge in [0.25, 0.3) is 5.56 Å². The minimum atomic E-state index is -0.380. The van der Waals surface area contributed by atoms with Crippen molar-refractivity contribution in [2.75, 3.05) is 6.54 Å². The van der Waals surface area contributed by atoms with Gasteiger partial charge in [-0.1, -0.05) is 29.8 Å². The Kier molecular flexibility index (Phi) is 3.46. The highest BCUT2D eigenvalue weighted by atomic mass is 35.5. The zero-order chi connectivity index (χ0) is 14.1. The Morgan fingerprint density at radius 2 is 2.15 bits per heavy atom. The smallest absolute Gasteiger partial charge is 0.262 e. The van der Waals surface area contributed by atoms with E-state index in [9.17, 15) is 9.90 Å². The van der Waals surface area contributed by atoms with Gasteiger partial charge < -0.3 is 15.4 Å². The Balaban J connectivity index is 2.10. The molecule has 5 nitrogen and oxygen atoms in total. The fraction of sp³-hybridized carbons (Fsp3) is 0.286. The van der Waals surface area contributed by atoms with E-state index < -0.39 is 0 Å². The van der Waals surface area contributed by atoms with Gasteiger partial charge >= 0.3 is 0 Å². The second-order valence-corrected chi connectivity index (χ2v) is 5.19. The molecule has 2 aromatic rings. The molecule has 20 heavy (non-hydrogen) atoms. The highest BCUT2D eigenvalue weighted by Crippen LogP contribution is 2.31. The van der Waals surface area contributed by atoms with Crippen LogP contribution in [0.5, 0.6) is 5.88 Å². The zero-order valence-electron chi connectivity index (χ0n) is 10.7. The average Bonchev–Trinajstić information content (AvgIpc) is 2.94. The van der Waals surface area contributed by atoms with Crippen LogP contribution >= 0.6 is 11.6 Å². The van der Waals surface area contributed by atoms with E-state index in [1.54, 1.807) is 24.3 Å². The van der Waals surface area contributed by atoms with E-state index in [0.29, 0.717) is 16.4 Å². The maximum Gasteiger partial charge on any atom is 0.262 e. The van der Waals surface area contributed by atoms with Crippen molar-refractivity contribution in [2.45, 2.75) is 18.9 Å². The largest absolute Gasteiger partial charge is 0.493 e. The van der Waals surface area contributed by atoms with Crippen molar-refractivity contribution >= 4 is 11.6 Å². The van der Waals surface area contributed by atoms with E-state index in [1.807, 2.05) is 0 Å². The second-order valence-electron chi connectivity index (χ2n) is 4.78. The Morgan fingerprint density at radius 1 is 1.35 bits per heavy atom. The monoisotopic (exact) mass is 291 g/mol. The Bertz CT molecular complexity index is 693. The first-order chi connectivity index (χ1) is 9.66. The summed E-state index contributed by atoms with van der Waals surface area (Å²) in [5.41, 5.74) is 0.206. The van der Waals surface area contributed by atoms with E-state index in [1.165, 1.54) is 0 Å². The summed E-state index contributed by atoms with van der Waals surface area (Å²) in [5, 5.41) is 13.7. The fourth-order valence-corrected chi connectivity index (χ4v) is 2.70. The number of aromatic amines is 1. The fourth-order valence-electron chi connectivity index (χ4n) is 2.47. The van der Waals surface area contributed by atoms with Gasteiger partial charge in [0.15, 0.2) is 0 Å². The molecule has 1 aromatic carbocycles. The number of H-pyrrole nitrogens is 1. The van der Waals surface area contributed by atoms with Gasteiger partial charge in [0.2, 0.25) is 5.88 Å². The van der Waals surface area contributed by atoms with Crippen molar-refractivity contribution in [1.29, 1.82) is 0 Å². The maximum atomic E-state index is 12.2. The van der Waals surface area contributed by atoms with Crippen LogP contribution in [0.2, 0.25) is 5.02 Å². The van der Waals surface area contributed by atoms with Gasteiger partial charge in [-0.05, 0) is 25.5 Å². The summed E-state index contributed by atoms with van der Waals surface area (Å²) in [6, 6.07) is 6.87. The van der Waals surface area contributed by atoms with Crippen molar-refractivity contribution in [3.8, 4) is 17.0 Å². The zero-order valence-corrected chi connectivity index (χ0v) is 11.4. The van der Waals surface area contributed by atoms with Gasteiger partial charge in [-0.2, -0.15) is 4.98 Å². The van der Waals surface area contributed by atoms with Crippen molar-refractivity contribution in [3.05, 3.63) is 45.5 Å². The van der Waals surface area contributed by atoms with Gasteiger partial charge in [0.1, 0.15) is 11.4 Å². The van der Waals surface area contributed by atoms with E-state index in [0.717, 1.165) is 19.4 Å². The first-order valence-electron chi connectivity index (χ1n) is 6.48. The first kappa shape index (κ1) is 13.1. The molecular formula is C14H14ClN3O2. The highest BCUT2D eigenvalue weighted by Gasteiger charge is 2.22. The molecule has 1 aliphatic rings. The van der Waals surface area contributed by atoms with Crippen LogP contribution in [0.1, 0.15) is 24.7 Å². The lowest BCUT2D eigenvalue weighted by Crippen LogP contribution is -2.21. The molecule has 3 N–H and O–H groups in total. The highest BCUT2D eigenvalue weighted by molar-refractivity contribution is 6.33. The molecule has 0 spiro atoms. The summed E-state index contributed by atoms with van der Waals surface area (Å²) in [7, 11) is 0. The molecule has 6 heteroatoms. The third kappa shape index (κ3) is 2.30. The normalized spacial score (nSPS) is 18.4. The van der Waals surface area contributed by atoms with Crippen LogP contribution in [-0.4, -0.2) is 21.6 Å². The molecule has 2 heterocycles. The minimum absolute atomic E-state index is 0.00565. The van der Waals surface area contributed by atoms with E-state index in [4.69, 9.17) is 11.6 Å². The third-order valence-corrected chi connectivity index (χ3v) is 3.78. The van der Waals surface area contributed by atoms with E-state index in [-0.39, 0.29) is 23.0 Å². The third-order valence-electron chi connectivity index (χ3n) is 3.45. The molecule has 104 valence electrons. The van der Waals surface area contributed by atoms with Gasteiger partial charge in [-0.25, -0.2) is 0 Å². The molecule has 1 unspecified atom stereocenters. The van der Waals surface area contributed by atoms with E-state index >= 15 is 0 Å². The van der Waals surface area contributed by atoms with Gasteiger partial charge in [-0.3, -0.25) is 4.79 Å². The molecule has 0 amide bonds. The number of rotatable bonds is 2. The van der Waals surface area contributed by atoms with Crippen molar-refractivity contribution in [1.82, 2.24) is 15.3 Å². The molecule has 1 atom stereocenters. The number of hydrogen-bond donors (Lipinski definition) is 3.